The van der Waals surface area contributed by atoms with Crippen molar-refractivity contribution >= 4 is 16.8 Å². The second-order valence-electron chi connectivity index (χ2n) is 7.21. The van der Waals surface area contributed by atoms with E-state index in [1.165, 1.54) is 16.5 Å². The molecule has 0 aliphatic rings. The zero-order valence-corrected chi connectivity index (χ0v) is 14.7. The second kappa shape index (κ2) is 6.15. The summed E-state index contributed by atoms with van der Waals surface area (Å²) in [7, 11) is 2.04. The number of carbonyl (C=O) groups excluding carboxylic acids is 1. The van der Waals surface area contributed by atoms with Crippen molar-refractivity contribution < 1.29 is 4.79 Å². The van der Waals surface area contributed by atoms with Crippen molar-refractivity contribution in [2.45, 2.75) is 32.6 Å². The second-order valence-corrected chi connectivity index (χ2v) is 7.21. The van der Waals surface area contributed by atoms with Gasteiger partial charge in [0, 0.05) is 41.8 Å². The number of carbonyl (C=O) groups is 1. The maximum Gasteiger partial charge on any atom is 0.271 e. The molecule has 5 nitrogen and oxygen atoms in total. The summed E-state index contributed by atoms with van der Waals surface area (Å²) in [6, 6.07) is 10.1. The van der Waals surface area contributed by atoms with Crippen LogP contribution in [0.4, 0.5) is 0 Å². The van der Waals surface area contributed by atoms with Crippen LogP contribution in [0.2, 0.25) is 0 Å². The van der Waals surface area contributed by atoms with Gasteiger partial charge in [-0.1, -0.05) is 39.0 Å². The molecule has 0 spiro atoms. The van der Waals surface area contributed by atoms with Crippen LogP contribution in [0.1, 0.15) is 42.5 Å². The summed E-state index contributed by atoms with van der Waals surface area (Å²) >= 11 is 0. The molecule has 0 atom stereocenters. The average Bonchev–Trinajstić information content (AvgIpc) is 3.14. The Balaban J connectivity index is 1.63. The van der Waals surface area contributed by atoms with Gasteiger partial charge in [0.2, 0.25) is 0 Å². The minimum atomic E-state index is -0.137. The average molecular weight is 324 g/mol. The van der Waals surface area contributed by atoms with E-state index in [-0.39, 0.29) is 11.3 Å². The molecule has 0 fully saturated rings. The first-order valence-electron chi connectivity index (χ1n) is 8.23. The van der Waals surface area contributed by atoms with Gasteiger partial charge in [-0.15, -0.1) is 0 Å². The van der Waals surface area contributed by atoms with E-state index in [4.69, 9.17) is 0 Å². The molecule has 0 saturated carbocycles. The lowest BCUT2D eigenvalue weighted by molar-refractivity contribution is 0.0949. The van der Waals surface area contributed by atoms with Crippen LogP contribution in [0.25, 0.3) is 10.9 Å². The molecule has 2 aromatic heterocycles. The molecular formula is C19H24N4O. The Bertz CT molecular complexity index is 867. The van der Waals surface area contributed by atoms with Gasteiger partial charge in [0.15, 0.2) is 0 Å². The summed E-state index contributed by atoms with van der Waals surface area (Å²) in [5.41, 5.74) is 3.81. The first-order chi connectivity index (χ1) is 11.4. The molecular weight excluding hydrogens is 300 g/mol. The molecule has 0 unspecified atom stereocenters. The molecule has 2 N–H and O–H groups in total. The zero-order valence-electron chi connectivity index (χ0n) is 14.7. The molecule has 3 rings (SSSR count). The molecule has 0 bridgehead atoms. The van der Waals surface area contributed by atoms with Crippen LogP contribution in [0.15, 0.2) is 36.5 Å². The fraction of sp³-hybridized carbons (Fsp3) is 0.368. The Morgan fingerprint density at radius 2 is 2.04 bits per heavy atom. The first kappa shape index (κ1) is 16.3. The fourth-order valence-electron chi connectivity index (χ4n) is 2.85. The first-order valence-corrected chi connectivity index (χ1v) is 8.23. The Hall–Kier alpha value is -2.56. The van der Waals surface area contributed by atoms with E-state index in [1.54, 1.807) is 0 Å². The maximum atomic E-state index is 12.2. The standard InChI is InChI=1S/C19H24N4O/c1-19(2,3)17-11-15(21-22-17)18(24)20-10-9-13-12-23(4)16-8-6-5-7-14(13)16/h5-8,11-12H,9-10H2,1-4H3,(H,20,24)(H,21,22). The maximum absolute atomic E-state index is 12.2. The number of nitrogens with zero attached hydrogens (tertiary/aromatic N) is 2. The molecule has 1 amide bonds. The van der Waals surface area contributed by atoms with Gasteiger partial charge in [-0.2, -0.15) is 5.10 Å². The zero-order chi connectivity index (χ0) is 17.3. The quantitative estimate of drug-likeness (QED) is 0.774. The largest absolute Gasteiger partial charge is 0.350 e. The third kappa shape index (κ3) is 3.20. The van der Waals surface area contributed by atoms with Crippen LogP contribution in [-0.2, 0) is 18.9 Å². The van der Waals surface area contributed by atoms with Crippen molar-refractivity contribution in [3.8, 4) is 0 Å². The minimum absolute atomic E-state index is 0.0471. The van der Waals surface area contributed by atoms with Crippen molar-refractivity contribution in [1.29, 1.82) is 0 Å². The van der Waals surface area contributed by atoms with E-state index in [1.807, 2.05) is 25.2 Å². The van der Waals surface area contributed by atoms with E-state index >= 15 is 0 Å². The van der Waals surface area contributed by atoms with Crippen LogP contribution in [0.5, 0.6) is 0 Å². The van der Waals surface area contributed by atoms with Crippen molar-refractivity contribution in [3.05, 3.63) is 53.5 Å². The van der Waals surface area contributed by atoms with Gasteiger partial charge in [-0.3, -0.25) is 9.89 Å². The van der Waals surface area contributed by atoms with Gasteiger partial charge >= 0.3 is 0 Å². The van der Waals surface area contributed by atoms with Gasteiger partial charge in [-0.25, -0.2) is 0 Å². The highest BCUT2D eigenvalue weighted by molar-refractivity contribution is 5.92. The van der Waals surface area contributed by atoms with Gasteiger partial charge in [0.25, 0.3) is 5.91 Å². The molecule has 126 valence electrons. The Morgan fingerprint density at radius 1 is 1.29 bits per heavy atom. The van der Waals surface area contributed by atoms with E-state index in [9.17, 15) is 4.79 Å². The number of amides is 1. The van der Waals surface area contributed by atoms with E-state index in [0.29, 0.717) is 12.2 Å². The number of aromatic amines is 1. The highest BCUT2D eigenvalue weighted by Crippen LogP contribution is 2.21. The van der Waals surface area contributed by atoms with Crippen LogP contribution < -0.4 is 5.32 Å². The molecule has 1 aromatic carbocycles. The summed E-state index contributed by atoms with van der Waals surface area (Å²) in [5.74, 6) is -0.137. The summed E-state index contributed by atoms with van der Waals surface area (Å²) in [6.45, 7) is 6.85. The van der Waals surface area contributed by atoms with Gasteiger partial charge in [0.1, 0.15) is 5.69 Å². The summed E-state index contributed by atoms with van der Waals surface area (Å²) in [4.78, 5) is 12.2. The van der Waals surface area contributed by atoms with E-state index in [0.717, 1.165) is 12.1 Å². The van der Waals surface area contributed by atoms with Gasteiger partial charge in [-0.05, 0) is 24.1 Å². The third-order valence-electron chi connectivity index (χ3n) is 4.28. The van der Waals surface area contributed by atoms with Gasteiger partial charge < -0.3 is 9.88 Å². The van der Waals surface area contributed by atoms with Crippen LogP contribution in [-0.4, -0.2) is 27.2 Å². The molecule has 0 aliphatic carbocycles. The molecule has 0 aliphatic heterocycles. The molecule has 3 aromatic rings. The molecule has 2 heterocycles. The number of aromatic nitrogens is 3. The number of fused-ring (bicyclic) bond motifs is 1. The Kier molecular flexibility index (Phi) is 4.18. The smallest absolute Gasteiger partial charge is 0.271 e. The fourth-order valence-corrected chi connectivity index (χ4v) is 2.85. The van der Waals surface area contributed by atoms with Crippen molar-refractivity contribution in [2.24, 2.45) is 7.05 Å². The van der Waals surface area contributed by atoms with Crippen molar-refractivity contribution in [3.63, 3.8) is 0 Å². The van der Waals surface area contributed by atoms with Crippen LogP contribution >= 0.6 is 0 Å². The monoisotopic (exact) mass is 324 g/mol. The van der Waals surface area contributed by atoms with Crippen LogP contribution in [0.3, 0.4) is 0 Å². The number of para-hydroxylation sites is 1. The Morgan fingerprint density at radius 3 is 2.75 bits per heavy atom. The predicted molar refractivity (Wildman–Crippen MR) is 96.2 cm³/mol. The van der Waals surface area contributed by atoms with Gasteiger partial charge in [0.05, 0.1) is 0 Å². The molecule has 24 heavy (non-hydrogen) atoms. The van der Waals surface area contributed by atoms with Crippen LogP contribution in [0, 0.1) is 0 Å². The summed E-state index contributed by atoms with van der Waals surface area (Å²) in [5, 5.41) is 11.3. The molecule has 0 radical (unpaired) electrons. The Labute approximate surface area is 142 Å². The van der Waals surface area contributed by atoms with Crippen molar-refractivity contribution in [2.75, 3.05) is 6.54 Å². The molecule has 0 saturated heterocycles. The number of aryl methyl sites for hydroxylation is 1. The number of hydrogen-bond acceptors (Lipinski definition) is 2. The lowest BCUT2D eigenvalue weighted by Crippen LogP contribution is -2.26. The number of rotatable bonds is 4. The topological polar surface area (TPSA) is 62.7 Å². The SMILES string of the molecule is Cn1cc(CCNC(=O)c2cc(C(C)(C)C)[nH]n2)c2ccccc21. The lowest BCUT2D eigenvalue weighted by atomic mass is 9.92. The number of hydrogen-bond donors (Lipinski definition) is 2. The highest BCUT2D eigenvalue weighted by Gasteiger charge is 2.19. The molecule has 5 heteroatoms. The predicted octanol–water partition coefficient (Wildman–Crippen LogP) is 3.17. The highest BCUT2D eigenvalue weighted by atomic mass is 16.1. The van der Waals surface area contributed by atoms with E-state index in [2.05, 4.69) is 59.2 Å². The number of nitrogens with one attached hydrogen (secondary N) is 2. The number of benzene rings is 1. The summed E-state index contributed by atoms with van der Waals surface area (Å²) in [6.07, 6.45) is 2.92. The minimum Gasteiger partial charge on any atom is -0.350 e. The lowest BCUT2D eigenvalue weighted by Gasteiger charge is -2.14. The number of H-pyrrole nitrogens is 1. The normalized spacial score (nSPS) is 11.8. The van der Waals surface area contributed by atoms with Crippen molar-refractivity contribution in [1.82, 2.24) is 20.1 Å². The summed E-state index contributed by atoms with van der Waals surface area (Å²) < 4.78 is 2.12. The third-order valence-corrected chi connectivity index (χ3v) is 4.28. The van der Waals surface area contributed by atoms with E-state index < -0.39 is 0 Å².